The molecule has 0 fully saturated rings. The number of hydrogen-bond donors (Lipinski definition) is 1. The van der Waals surface area contributed by atoms with Crippen molar-refractivity contribution in [1.29, 1.82) is 0 Å². The van der Waals surface area contributed by atoms with Crippen molar-refractivity contribution < 1.29 is 4.98 Å². The number of rotatable bonds is 0. The summed E-state index contributed by atoms with van der Waals surface area (Å²) in [5, 5.41) is 0. The van der Waals surface area contributed by atoms with Crippen LogP contribution in [0.5, 0.6) is 0 Å². The van der Waals surface area contributed by atoms with Crippen molar-refractivity contribution in [2.75, 3.05) is 5.73 Å². The van der Waals surface area contributed by atoms with Crippen LogP contribution in [0.25, 0.3) is 0 Å². The van der Waals surface area contributed by atoms with Crippen LogP contribution in [0.15, 0.2) is 18.5 Å². The molecule has 60 valence electrons. The van der Waals surface area contributed by atoms with E-state index in [-0.39, 0.29) is 5.41 Å². The highest BCUT2D eigenvalue weighted by molar-refractivity contribution is 5.46. The summed E-state index contributed by atoms with van der Waals surface area (Å²) in [7, 11) is 0. The van der Waals surface area contributed by atoms with Gasteiger partial charge in [-0.3, -0.25) is 0 Å². The lowest BCUT2D eigenvalue weighted by Gasteiger charge is -2.17. The Morgan fingerprint density at radius 1 is 1.36 bits per heavy atom. The van der Waals surface area contributed by atoms with Crippen LogP contribution in [0.3, 0.4) is 0 Å². The normalized spacial score (nSPS) is 11.5. The van der Waals surface area contributed by atoms with Gasteiger partial charge in [0.1, 0.15) is 0 Å². The number of aromatic nitrogens is 1. The van der Waals surface area contributed by atoms with Gasteiger partial charge in [-0.05, 0) is 5.41 Å². The van der Waals surface area contributed by atoms with Crippen molar-refractivity contribution >= 4 is 5.69 Å². The lowest BCUT2D eigenvalue weighted by Crippen LogP contribution is -2.17. The molecule has 1 rings (SSSR count). The van der Waals surface area contributed by atoms with Crippen molar-refractivity contribution in [2.45, 2.75) is 26.2 Å². The second kappa shape index (κ2) is 2.53. The summed E-state index contributed by atoms with van der Waals surface area (Å²) in [4.78, 5) is 3.03. The quantitative estimate of drug-likeness (QED) is 0.598. The summed E-state index contributed by atoms with van der Waals surface area (Å²) in [5.41, 5.74) is 7.94. The molecule has 0 aliphatic rings. The summed E-state index contributed by atoms with van der Waals surface area (Å²) in [6.07, 6.45) is 3.79. The van der Waals surface area contributed by atoms with E-state index in [1.165, 1.54) is 5.56 Å². The molecular formula is C9H15N2+. The highest BCUT2D eigenvalue weighted by Crippen LogP contribution is 2.25. The summed E-state index contributed by atoms with van der Waals surface area (Å²) in [5.74, 6) is 0. The third kappa shape index (κ3) is 1.70. The molecule has 0 amide bonds. The first kappa shape index (κ1) is 8.05. The van der Waals surface area contributed by atoms with E-state index in [0.29, 0.717) is 0 Å². The Hall–Kier alpha value is -1.05. The van der Waals surface area contributed by atoms with Crippen molar-refractivity contribution in [3.05, 3.63) is 24.0 Å². The van der Waals surface area contributed by atoms with E-state index in [1.54, 1.807) is 0 Å². The monoisotopic (exact) mass is 151 g/mol. The molecule has 0 aliphatic carbocycles. The zero-order valence-electron chi connectivity index (χ0n) is 7.31. The smallest absolute Gasteiger partial charge is 0.172 e. The average molecular weight is 151 g/mol. The maximum Gasteiger partial charge on any atom is 0.172 e. The van der Waals surface area contributed by atoms with Gasteiger partial charge < -0.3 is 5.73 Å². The van der Waals surface area contributed by atoms with E-state index >= 15 is 0 Å². The van der Waals surface area contributed by atoms with Crippen LogP contribution in [-0.2, 0) is 5.41 Å². The van der Waals surface area contributed by atoms with Gasteiger partial charge in [-0.15, -0.1) is 0 Å². The molecule has 1 heterocycles. The largest absolute Gasteiger partial charge is 0.398 e. The Morgan fingerprint density at radius 3 is 2.36 bits per heavy atom. The highest BCUT2D eigenvalue weighted by atomic mass is 14.7. The molecule has 2 heteroatoms. The predicted molar refractivity (Wildman–Crippen MR) is 46.1 cm³/mol. The van der Waals surface area contributed by atoms with Gasteiger partial charge in [0.05, 0.1) is 0 Å². The average Bonchev–Trinajstić information content (AvgIpc) is 1.86. The van der Waals surface area contributed by atoms with Crippen molar-refractivity contribution in [2.24, 2.45) is 0 Å². The molecule has 11 heavy (non-hydrogen) atoms. The molecule has 0 atom stereocenters. The second-order valence-corrected chi connectivity index (χ2v) is 3.76. The minimum absolute atomic E-state index is 0.127. The first-order chi connectivity index (χ1) is 5.02. The number of aromatic amines is 1. The van der Waals surface area contributed by atoms with E-state index in [9.17, 15) is 0 Å². The predicted octanol–water partition coefficient (Wildman–Crippen LogP) is 1.38. The fourth-order valence-corrected chi connectivity index (χ4v) is 1.09. The standard InChI is InChI=1S/C9H14N2/c1-9(2,3)7-6-11-5-4-8(7)10/h4-6H,1-3H3,(H2,10,11)/p+1. The maximum atomic E-state index is 5.79. The lowest BCUT2D eigenvalue weighted by atomic mass is 9.87. The Morgan fingerprint density at radius 2 is 2.00 bits per heavy atom. The van der Waals surface area contributed by atoms with Crippen LogP contribution in [0.4, 0.5) is 5.69 Å². The number of pyridine rings is 1. The van der Waals surface area contributed by atoms with Gasteiger partial charge >= 0.3 is 0 Å². The van der Waals surface area contributed by atoms with E-state index < -0.39 is 0 Å². The molecule has 1 aromatic rings. The zero-order chi connectivity index (χ0) is 8.48. The van der Waals surface area contributed by atoms with Crippen molar-refractivity contribution in [3.63, 3.8) is 0 Å². The number of nitrogen functional groups attached to an aromatic ring is 1. The molecular weight excluding hydrogens is 136 g/mol. The first-order valence-corrected chi connectivity index (χ1v) is 3.78. The van der Waals surface area contributed by atoms with Crippen molar-refractivity contribution in [1.82, 2.24) is 0 Å². The first-order valence-electron chi connectivity index (χ1n) is 3.78. The molecule has 0 aromatic carbocycles. The Kier molecular flexibility index (Phi) is 1.85. The number of hydrogen-bond acceptors (Lipinski definition) is 1. The molecule has 3 N–H and O–H groups in total. The van der Waals surface area contributed by atoms with Gasteiger partial charge in [-0.2, -0.15) is 0 Å². The molecule has 0 unspecified atom stereocenters. The van der Waals surface area contributed by atoms with Crippen LogP contribution in [0.1, 0.15) is 26.3 Å². The number of nitrogens with two attached hydrogens (primary N) is 1. The second-order valence-electron chi connectivity index (χ2n) is 3.76. The molecule has 0 bridgehead atoms. The minimum Gasteiger partial charge on any atom is -0.398 e. The van der Waals surface area contributed by atoms with Crippen molar-refractivity contribution in [3.8, 4) is 0 Å². The van der Waals surface area contributed by atoms with Gasteiger partial charge in [0.25, 0.3) is 0 Å². The Balaban J connectivity index is 3.14. The molecule has 0 radical (unpaired) electrons. The van der Waals surface area contributed by atoms with Gasteiger partial charge in [-0.25, -0.2) is 4.98 Å². The Labute approximate surface area is 67.5 Å². The minimum atomic E-state index is 0.127. The molecule has 0 saturated carbocycles. The molecule has 0 spiro atoms. The molecule has 0 aliphatic heterocycles. The lowest BCUT2D eigenvalue weighted by molar-refractivity contribution is -0.378. The number of nitrogens with one attached hydrogen (secondary N) is 1. The summed E-state index contributed by atoms with van der Waals surface area (Å²) >= 11 is 0. The number of H-pyrrole nitrogens is 1. The Bertz CT molecular complexity index is 248. The molecule has 0 saturated heterocycles. The van der Waals surface area contributed by atoms with E-state index in [4.69, 9.17) is 5.73 Å². The van der Waals surface area contributed by atoms with Gasteiger partial charge in [-0.1, -0.05) is 20.8 Å². The maximum absolute atomic E-state index is 5.79. The van der Waals surface area contributed by atoms with Gasteiger partial charge in [0.2, 0.25) is 0 Å². The molecule has 2 nitrogen and oxygen atoms in total. The fraction of sp³-hybridized carbons (Fsp3) is 0.444. The summed E-state index contributed by atoms with van der Waals surface area (Å²) < 4.78 is 0. The van der Waals surface area contributed by atoms with Crippen LogP contribution < -0.4 is 10.7 Å². The van der Waals surface area contributed by atoms with Crippen LogP contribution in [0, 0.1) is 0 Å². The third-order valence-corrected chi connectivity index (χ3v) is 1.71. The third-order valence-electron chi connectivity index (χ3n) is 1.71. The number of anilines is 1. The fourth-order valence-electron chi connectivity index (χ4n) is 1.09. The SMILES string of the molecule is CC(C)(C)c1c[nH+]ccc1N. The highest BCUT2D eigenvalue weighted by Gasteiger charge is 2.18. The van der Waals surface area contributed by atoms with Crippen LogP contribution >= 0.6 is 0 Å². The van der Waals surface area contributed by atoms with Crippen LogP contribution in [-0.4, -0.2) is 0 Å². The van der Waals surface area contributed by atoms with E-state index in [2.05, 4.69) is 25.8 Å². The summed E-state index contributed by atoms with van der Waals surface area (Å²) in [6, 6.07) is 1.89. The summed E-state index contributed by atoms with van der Waals surface area (Å²) in [6.45, 7) is 6.44. The van der Waals surface area contributed by atoms with Gasteiger partial charge in [0, 0.05) is 17.3 Å². The van der Waals surface area contributed by atoms with Gasteiger partial charge in [0.15, 0.2) is 12.4 Å². The van der Waals surface area contributed by atoms with Crippen LogP contribution in [0.2, 0.25) is 0 Å². The molecule has 1 aromatic heterocycles. The van der Waals surface area contributed by atoms with E-state index in [0.717, 1.165) is 5.69 Å². The van der Waals surface area contributed by atoms with E-state index in [1.807, 2.05) is 18.5 Å². The topological polar surface area (TPSA) is 40.2 Å². The zero-order valence-corrected chi connectivity index (χ0v) is 7.31.